The van der Waals surface area contributed by atoms with Crippen molar-refractivity contribution < 1.29 is 4.79 Å². The number of carbonyl (C=O) groups excluding carboxylic acids is 1. The second-order valence-electron chi connectivity index (χ2n) is 5.04. The molecule has 1 saturated heterocycles. The number of nitrogens with zero attached hydrogens (tertiary/aromatic N) is 2. The van der Waals surface area contributed by atoms with Gasteiger partial charge in [-0.3, -0.25) is 9.69 Å². The Balaban J connectivity index is 1.64. The van der Waals surface area contributed by atoms with E-state index in [2.05, 4.69) is 34.5 Å². The maximum atomic E-state index is 11.5. The highest BCUT2D eigenvalue weighted by Gasteiger charge is 2.21. The van der Waals surface area contributed by atoms with Gasteiger partial charge >= 0.3 is 0 Å². The van der Waals surface area contributed by atoms with Crippen molar-refractivity contribution in [3.8, 4) is 0 Å². The van der Waals surface area contributed by atoms with Crippen molar-refractivity contribution in [3.63, 3.8) is 0 Å². The minimum absolute atomic E-state index is 0.0490. The second kappa shape index (κ2) is 6.12. The molecule has 3 rings (SSSR count). The molecule has 2 heterocycles. The van der Waals surface area contributed by atoms with E-state index in [1.54, 1.807) is 0 Å². The zero-order chi connectivity index (χ0) is 13.9. The van der Waals surface area contributed by atoms with Gasteiger partial charge < -0.3 is 4.90 Å². The smallest absolute Gasteiger partial charge is 0.237 e. The molecule has 2 aromatic rings. The van der Waals surface area contributed by atoms with E-state index in [0.29, 0.717) is 0 Å². The van der Waals surface area contributed by atoms with Crippen molar-refractivity contribution in [1.82, 2.24) is 9.80 Å². The standard InChI is InChI=1S/C15H17ClN2OS/c16-9-15(19)18-7-5-17(6-8-18)10-14-13-4-2-1-3-12(13)11-20-14/h1-4,11H,5-10H2. The highest BCUT2D eigenvalue weighted by molar-refractivity contribution is 7.11. The second-order valence-corrected chi connectivity index (χ2v) is 6.27. The van der Waals surface area contributed by atoms with Gasteiger partial charge in [0, 0.05) is 37.6 Å². The van der Waals surface area contributed by atoms with Gasteiger partial charge in [-0.05, 0) is 16.2 Å². The zero-order valence-corrected chi connectivity index (χ0v) is 12.8. The first-order valence-corrected chi connectivity index (χ1v) is 8.20. The largest absolute Gasteiger partial charge is 0.339 e. The molecule has 1 fully saturated rings. The lowest BCUT2D eigenvalue weighted by molar-refractivity contribution is -0.130. The van der Waals surface area contributed by atoms with Crippen LogP contribution in [0.2, 0.25) is 0 Å². The molecule has 0 unspecified atom stereocenters. The molecule has 0 saturated carbocycles. The third-order valence-electron chi connectivity index (χ3n) is 3.80. The highest BCUT2D eigenvalue weighted by atomic mass is 35.5. The predicted molar refractivity (Wildman–Crippen MR) is 84.4 cm³/mol. The summed E-state index contributed by atoms with van der Waals surface area (Å²) in [7, 11) is 0. The van der Waals surface area contributed by atoms with Crippen molar-refractivity contribution in [2.75, 3.05) is 32.1 Å². The molecule has 0 atom stereocenters. The van der Waals surface area contributed by atoms with Crippen LogP contribution in [0.3, 0.4) is 0 Å². The number of fused-ring (bicyclic) bond motifs is 1. The van der Waals surface area contributed by atoms with E-state index in [4.69, 9.17) is 11.6 Å². The van der Waals surface area contributed by atoms with Crippen molar-refractivity contribution >= 4 is 39.6 Å². The number of hydrogen-bond acceptors (Lipinski definition) is 3. The first-order valence-electron chi connectivity index (χ1n) is 6.79. The number of amides is 1. The van der Waals surface area contributed by atoms with Crippen molar-refractivity contribution in [2.45, 2.75) is 6.54 Å². The average molecular weight is 309 g/mol. The van der Waals surface area contributed by atoms with Crippen LogP contribution in [0, 0.1) is 0 Å². The van der Waals surface area contributed by atoms with Crippen LogP contribution in [0.5, 0.6) is 0 Å². The average Bonchev–Trinajstić information content (AvgIpc) is 2.91. The van der Waals surface area contributed by atoms with Crippen LogP contribution in [-0.4, -0.2) is 47.8 Å². The van der Waals surface area contributed by atoms with Crippen LogP contribution in [0.4, 0.5) is 0 Å². The number of halogens is 1. The van der Waals surface area contributed by atoms with Gasteiger partial charge in [0.15, 0.2) is 0 Å². The Morgan fingerprint density at radius 3 is 2.70 bits per heavy atom. The Morgan fingerprint density at radius 1 is 1.20 bits per heavy atom. The molecule has 5 heteroatoms. The molecule has 1 amide bonds. The van der Waals surface area contributed by atoms with Crippen LogP contribution >= 0.6 is 22.9 Å². The molecule has 0 N–H and O–H groups in total. The third kappa shape index (κ3) is 2.82. The van der Waals surface area contributed by atoms with Crippen molar-refractivity contribution in [3.05, 3.63) is 34.5 Å². The van der Waals surface area contributed by atoms with E-state index in [-0.39, 0.29) is 11.8 Å². The summed E-state index contributed by atoms with van der Waals surface area (Å²) in [6.45, 7) is 4.40. The summed E-state index contributed by atoms with van der Waals surface area (Å²) in [5.74, 6) is 0.142. The highest BCUT2D eigenvalue weighted by Crippen LogP contribution is 2.27. The maximum Gasteiger partial charge on any atom is 0.237 e. The van der Waals surface area contributed by atoms with Gasteiger partial charge in [0.2, 0.25) is 5.91 Å². The van der Waals surface area contributed by atoms with Crippen molar-refractivity contribution in [1.29, 1.82) is 0 Å². The number of carbonyl (C=O) groups is 1. The number of thiophene rings is 1. The van der Waals surface area contributed by atoms with Crippen molar-refractivity contribution in [2.24, 2.45) is 0 Å². The van der Waals surface area contributed by atoms with Gasteiger partial charge in [0.05, 0.1) is 0 Å². The van der Waals surface area contributed by atoms with Crippen LogP contribution in [-0.2, 0) is 11.3 Å². The van der Waals surface area contributed by atoms with Gasteiger partial charge in [-0.15, -0.1) is 22.9 Å². The molecule has 1 aliphatic heterocycles. The summed E-state index contributed by atoms with van der Waals surface area (Å²) >= 11 is 7.42. The summed E-state index contributed by atoms with van der Waals surface area (Å²) in [5, 5.41) is 4.90. The van der Waals surface area contributed by atoms with Crippen LogP contribution in [0.15, 0.2) is 29.6 Å². The molecular weight excluding hydrogens is 292 g/mol. The Labute approximate surface area is 127 Å². The molecule has 0 bridgehead atoms. The first kappa shape index (κ1) is 13.9. The normalized spacial score (nSPS) is 16.8. The summed E-state index contributed by atoms with van der Waals surface area (Å²) in [6, 6.07) is 8.52. The molecule has 106 valence electrons. The Bertz CT molecular complexity index is 605. The Morgan fingerprint density at radius 2 is 1.95 bits per heavy atom. The number of benzene rings is 1. The summed E-state index contributed by atoms with van der Waals surface area (Å²) in [6.07, 6.45) is 0. The monoisotopic (exact) mass is 308 g/mol. The topological polar surface area (TPSA) is 23.6 Å². The van der Waals surface area contributed by atoms with Crippen LogP contribution < -0.4 is 0 Å². The molecule has 3 nitrogen and oxygen atoms in total. The minimum atomic E-state index is 0.0490. The lowest BCUT2D eigenvalue weighted by Gasteiger charge is -2.34. The lowest BCUT2D eigenvalue weighted by Crippen LogP contribution is -2.48. The minimum Gasteiger partial charge on any atom is -0.339 e. The van der Waals surface area contributed by atoms with E-state index in [0.717, 1.165) is 32.7 Å². The molecule has 20 heavy (non-hydrogen) atoms. The van der Waals surface area contributed by atoms with Gasteiger partial charge in [-0.2, -0.15) is 0 Å². The number of hydrogen-bond donors (Lipinski definition) is 0. The SMILES string of the molecule is O=C(CCl)N1CCN(Cc2scc3ccccc23)CC1. The Kier molecular flexibility index (Phi) is 4.24. The number of rotatable bonds is 3. The van der Waals surface area contributed by atoms with E-state index in [1.165, 1.54) is 15.6 Å². The molecule has 1 aliphatic rings. The van der Waals surface area contributed by atoms with E-state index in [9.17, 15) is 4.79 Å². The zero-order valence-electron chi connectivity index (χ0n) is 11.2. The predicted octanol–water partition coefficient (Wildman–Crippen LogP) is 2.78. The number of piperazine rings is 1. The fourth-order valence-electron chi connectivity index (χ4n) is 2.62. The number of alkyl halides is 1. The van der Waals surface area contributed by atoms with E-state index in [1.807, 2.05) is 16.2 Å². The summed E-state index contributed by atoms with van der Waals surface area (Å²) in [4.78, 5) is 17.2. The molecular formula is C15H17ClN2OS. The van der Waals surface area contributed by atoms with Crippen LogP contribution in [0.1, 0.15) is 4.88 Å². The summed E-state index contributed by atoms with van der Waals surface area (Å²) in [5.41, 5.74) is 0. The fourth-order valence-corrected chi connectivity index (χ4v) is 3.83. The van der Waals surface area contributed by atoms with Crippen LogP contribution in [0.25, 0.3) is 10.8 Å². The van der Waals surface area contributed by atoms with Gasteiger partial charge in [0.1, 0.15) is 5.88 Å². The first-order chi connectivity index (χ1) is 9.78. The summed E-state index contributed by atoms with van der Waals surface area (Å²) < 4.78 is 0. The quantitative estimate of drug-likeness (QED) is 0.814. The molecule has 0 spiro atoms. The molecule has 0 radical (unpaired) electrons. The van der Waals surface area contributed by atoms with Gasteiger partial charge in [-0.1, -0.05) is 24.3 Å². The fraction of sp³-hybridized carbons (Fsp3) is 0.400. The third-order valence-corrected chi connectivity index (χ3v) is 5.03. The van der Waals surface area contributed by atoms with Gasteiger partial charge in [0.25, 0.3) is 0 Å². The lowest BCUT2D eigenvalue weighted by atomic mass is 10.2. The van der Waals surface area contributed by atoms with E-state index < -0.39 is 0 Å². The molecule has 1 aromatic heterocycles. The van der Waals surface area contributed by atoms with Gasteiger partial charge in [-0.25, -0.2) is 0 Å². The maximum absolute atomic E-state index is 11.5. The molecule has 1 aromatic carbocycles. The molecule has 0 aliphatic carbocycles. The Hall–Kier alpha value is -1.10. The van der Waals surface area contributed by atoms with E-state index >= 15 is 0 Å².